The third-order valence-electron chi connectivity index (χ3n) is 5.25. The molecule has 0 saturated heterocycles. The summed E-state index contributed by atoms with van der Waals surface area (Å²) in [6.45, 7) is 2.97. The predicted octanol–water partition coefficient (Wildman–Crippen LogP) is 2.99. The Balaban J connectivity index is 1.55. The molecular formula is C17H26N2O. The third-order valence-corrected chi connectivity index (χ3v) is 5.25. The second-order valence-corrected chi connectivity index (χ2v) is 6.60. The summed E-state index contributed by atoms with van der Waals surface area (Å²) >= 11 is 0. The molecule has 110 valence electrons. The summed E-state index contributed by atoms with van der Waals surface area (Å²) in [6.07, 6.45) is 9.59. The lowest BCUT2D eigenvalue weighted by Gasteiger charge is -2.36. The summed E-state index contributed by atoms with van der Waals surface area (Å²) in [6, 6.07) is 4.52. The number of aryl methyl sites for hydroxylation is 1. The zero-order chi connectivity index (χ0) is 14.0. The molecule has 0 aromatic carbocycles. The van der Waals surface area contributed by atoms with Crippen LogP contribution in [0.15, 0.2) is 18.3 Å². The summed E-state index contributed by atoms with van der Waals surface area (Å²) in [5.41, 5.74) is 2.06. The predicted molar refractivity (Wildman–Crippen MR) is 80.5 cm³/mol. The van der Waals surface area contributed by atoms with Crippen LogP contribution in [0.1, 0.15) is 62.7 Å². The van der Waals surface area contributed by atoms with Crippen molar-refractivity contribution in [2.24, 2.45) is 5.92 Å². The van der Waals surface area contributed by atoms with Gasteiger partial charge in [-0.25, -0.2) is 0 Å². The van der Waals surface area contributed by atoms with Gasteiger partial charge in [-0.15, -0.1) is 0 Å². The minimum absolute atomic E-state index is 0.333. The summed E-state index contributed by atoms with van der Waals surface area (Å²) in [5.74, 6) is 0.823. The molecule has 20 heavy (non-hydrogen) atoms. The van der Waals surface area contributed by atoms with Crippen LogP contribution in [-0.2, 0) is 6.42 Å². The molecule has 0 amide bonds. The lowest BCUT2D eigenvalue weighted by Crippen LogP contribution is -2.44. The molecule has 1 fully saturated rings. The Bertz CT molecular complexity index is 452. The van der Waals surface area contributed by atoms with Crippen LogP contribution in [0.5, 0.6) is 0 Å². The fraction of sp³-hybridized carbons (Fsp3) is 0.706. The Morgan fingerprint density at radius 1 is 1.35 bits per heavy atom. The number of hydrogen-bond acceptors (Lipinski definition) is 3. The average molecular weight is 274 g/mol. The second kappa shape index (κ2) is 5.82. The SMILES string of the molecule is CCC1CCC(O)(CNC2CCc3cccnc32)CC1. The third kappa shape index (κ3) is 2.89. The van der Waals surface area contributed by atoms with Crippen molar-refractivity contribution in [2.75, 3.05) is 6.54 Å². The van der Waals surface area contributed by atoms with E-state index in [4.69, 9.17) is 0 Å². The first-order valence-corrected chi connectivity index (χ1v) is 8.10. The van der Waals surface area contributed by atoms with Crippen molar-refractivity contribution in [3.63, 3.8) is 0 Å². The standard InChI is InChI=1S/C17H26N2O/c1-2-13-7-9-17(20,10-8-13)12-19-15-6-5-14-4-3-11-18-16(14)15/h3-4,11,13,15,19-20H,2,5-10,12H2,1H3. The number of nitrogens with zero attached hydrogens (tertiary/aromatic N) is 1. The lowest BCUT2D eigenvalue weighted by molar-refractivity contribution is -0.0107. The van der Waals surface area contributed by atoms with E-state index in [0.717, 1.165) is 31.6 Å². The fourth-order valence-electron chi connectivity index (χ4n) is 3.72. The number of pyridine rings is 1. The quantitative estimate of drug-likeness (QED) is 0.887. The second-order valence-electron chi connectivity index (χ2n) is 6.60. The van der Waals surface area contributed by atoms with Gasteiger partial charge in [0.1, 0.15) is 0 Å². The van der Waals surface area contributed by atoms with Crippen LogP contribution in [0, 0.1) is 5.92 Å². The van der Waals surface area contributed by atoms with Crippen LogP contribution >= 0.6 is 0 Å². The van der Waals surface area contributed by atoms with E-state index in [0.29, 0.717) is 12.6 Å². The normalized spacial score (nSPS) is 33.1. The van der Waals surface area contributed by atoms with Crippen molar-refractivity contribution in [2.45, 2.75) is 63.5 Å². The van der Waals surface area contributed by atoms with Gasteiger partial charge >= 0.3 is 0 Å². The maximum Gasteiger partial charge on any atom is 0.0772 e. The van der Waals surface area contributed by atoms with Gasteiger partial charge < -0.3 is 10.4 Å². The molecule has 3 nitrogen and oxygen atoms in total. The first-order valence-electron chi connectivity index (χ1n) is 8.10. The molecule has 1 atom stereocenters. The van der Waals surface area contributed by atoms with E-state index in [2.05, 4.69) is 23.3 Å². The molecule has 1 aromatic rings. The van der Waals surface area contributed by atoms with Crippen molar-refractivity contribution < 1.29 is 5.11 Å². The van der Waals surface area contributed by atoms with Crippen LogP contribution < -0.4 is 5.32 Å². The van der Waals surface area contributed by atoms with E-state index in [1.807, 2.05) is 12.3 Å². The summed E-state index contributed by atoms with van der Waals surface area (Å²) in [4.78, 5) is 4.51. The summed E-state index contributed by atoms with van der Waals surface area (Å²) < 4.78 is 0. The molecule has 3 rings (SSSR count). The van der Waals surface area contributed by atoms with Crippen molar-refractivity contribution >= 4 is 0 Å². The van der Waals surface area contributed by atoms with Gasteiger partial charge in [0.25, 0.3) is 0 Å². The van der Waals surface area contributed by atoms with Crippen LogP contribution in [-0.4, -0.2) is 22.2 Å². The summed E-state index contributed by atoms with van der Waals surface area (Å²) in [5, 5.41) is 14.3. The van der Waals surface area contributed by atoms with E-state index in [9.17, 15) is 5.11 Å². The highest BCUT2D eigenvalue weighted by Gasteiger charge is 2.34. The van der Waals surface area contributed by atoms with Gasteiger partial charge in [-0.1, -0.05) is 19.4 Å². The monoisotopic (exact) mass is 274 g/mol. The van der Waals surface area contributed by atoms with Crippen LogP contribution in [0.4, 0.5) is 0 Å². The van der Waals surface area contributed by atoms with Crippen LogP contribution in [0.2, 0.25) is 0 Å². The molecular weight excluding hydrogens is 248 g/mol. The Labute approximate surface area is 121 Å². The molecule has 0 spiro atoms. The number of rotatable bonds is 4. The van der Waals surface area contributed by atoms with E-state index in [-0.39, 0.29) is 0 Å². The molecule has 1 unspecified atom stereocenters. The topological polar surface area (TPSA) is 45.1 Å². The number of aromatic nitrogens is 1. The zero-order valence-corrected chi connectivity index (χ0v) is 12.4. The van der Waals surface area contributed by atoms with Gasteiger partial charge in [-0.2, -0.15) is 0 Å². The maximum absolute atomic E-state index is 10.7. The average Bonchev–Trinajstić information content (AvgIpc) is 2.89. The Morgan fingerprint density at radius 3 is 2.90 bits per heavy atom. The number of fused-ring (bicyclic) bond motifs is 1. The van der Waals surface area contributed by atoms with E-state index >= 15 is 0 Å². The number of aliphatic hydroxyl groups is 1. The maximum atomic E-state index is 10.7. The highest BCUT2D eigenvalue weighted by atomic mass is 16.3. The first-order chi connectivity index (χ1) is 9.70. The molecule has 2 N–H and O–H groups in total. The Kier molecular flexibility index (Phi) is 4.08. The first kappa shape index (κ1) is 14.0. The summed E-state index contributed by atoms with van der Waals surface area (Å²) in [7, 11) is 0. The van der Waals surface area contributed by atoms with Crippen molar-refractivity contribution in [3.8, 4) is 0 Å². The van der Waals surface area contributed by atoms with Gasteiger partial charge in [0.2, 0.25) is 0 Å². The molecule has 0 aliphatic heterocycles. The van der Waals surface area contributed by atoms with Crippen molar-refractivity contribution in [1.29, 1.82) is 0 Å². The fourth-order valence-corrected chi connectivity index (χ4v) is 3.72. The minimum Gasteiger partial charge on any atom is -0.389 e. The van der Waals surface area contributed by atoms with Gasteiger partial charge in [0.15, 0.2) is 0 Å². The largest absolute Gasteiger partial charge is 0.389 e. The van der Waals surface area contributed by atoms with Crippen LogP contribution in [0.25, 0.3) is 0 Å². The van der Waals surface area contributed by atoms with E-state index in [1.54, 1.807) is 0 Å². The number of nitrogens with one attached hydrogen (secondary N) is 1. The molecule has 3 heteroatoms. The van der Waals surface area contributed by atoms with Crippen molar-refractivity contribution in [1.82, 2.24) is 10.3 Å². The molecule has 1 heterocycles. The molecule has 2 aliphatic rings. The zero-order valence-electron chi connectivity index (χ0n) is 12.4. The smallest absolute Gasteiger partial charge is 0.0772 e. The van der Waals surface area contributed by atoms with Gasteiger partial charge in [0.05, 0.1) is 17.3 Å². The number of hydrogen-bond donors (Lipinski definition) is 2. The Morgan fingerprint density at radius 2 is 2.15 bits per heavy atom. The molecule has 0 bridgehead atoms. The molecule has 2 aliphatic carbocycles. The molecule has 1 aromatic heterocycles. The lowest BCUT2D eigenvalue weighted by atomic mass is 9.78. The van der Waals surface area contributed by atoms with E-state index < -0.39 is 5.60 Å². The minimum atomic E-state index is -0.497. The van der Waals surface area contributed by atoms with Crippen molar-refractivity contribution in [3.05, 3.63) is 29.6 Å². The van der Waals surface area contributed by atoms with Gasteiger partial charge in [-0.05, 0) is 56.1 Å². The van der Waals surface area contributed by atoms with Crippen LogP contribution in [0.3, 0.4) is 0 Å². The van der Waals surface area contributed by atoms with Gasteiger partial charge in [0, 0.05) is 12.7 Å². The van der Waals surface area contributed by atoms with Gasteiger partial charge in [-0.3, -0.25) is 4.98 Å². The highest BCUT2D eigenvalue weighted by molar-refractivity contribution is 5.27. The molecule has 1 saturated carbocycles. The Hall–Kier alpha value is -0.930. The van der Waals surface area contributed by atoms with E-state index in [1.165, 1.54) is 30.5 Å². The molecule has 0 radical (unpaired) electrons. The highest BCUT2D eigenvalue weighted by Crippen LogP contribution is 2.35.